The van der Waals surface area contributed by atoms with Gasteiger partial charge in [0, 0.05) is 11.3 Å². The Balaban J connectivity index is 2.32. The molecule has 106 valence electrons. The first-order valence-electron chi connectivity index (χ1n) is 7.30. The van der Waals surface area contributed by atoms with Crippen molar-refractivity contribution in [1.82, 2.24) is 9.78 Å². The summed E-state index contributed by atoms with van der Waals surface area (Å²) < 4.78 is 2.09. The first-order chi connectivity index (χ1) is 9.02. The van der Waals surface area contributed by atoms with Crippen LogP contribution in [0, 0.1) is 13.8 Å². The number of hydrogen-bond donors (Lipinski definition) is 1. The third kappa shape index (κ3) is 2.82. The van der Waals surface area contributed by atoms with E-state index in [0.717, 1.165) is 17.0 Å². The van der Waals surface area contributed by atoms with Crippen LogP contribution in [0.15, 0.2) is 0 Å². The topological polar surface area (TPSA) is 55.1 Å². The van der Waals surface area contributed by atoms with Crippen molar-refractivity contribution >= 4 is 5.97 Å². The number of carbonyl (C=O) groups is 1. The van der Waals surface area contributed by atoms with Gasteiger partial charge in [-0.1, -0.05) is 25.7 Å². The first kappa shape index (κ1) is 14.1. The maximum atomic E-state index is 11.2. The molecule has 1 aromatic heterocycles. The van der Waals surface area contributed by atoms with Crippen LogP contribution in [0.5, 0.6) is 0 Å². The van der Waals surface area contributed by atoms with Crippen molar-refractivity contribution in [3.63, 3.8) is 0 Å². The van der Waals surface area contributed by atoms with E-state index in [9.17, 15) is 9.90 Å². The van der Waals surface area contributed by atoms with Crippen molar-refractivity contribution in [3.8, 4) is 0 Å². The van der Waals surface area contributed by atoms with Gasteiger partial charge in [-0.05, 0) is 33.6 Å². The molecular formula is C15H24N2O2. The van der Waals surface area contributed by atoms with Crippen molar-refractivity contribution in [2.24, 2.45) is 0 Å². The molecule has 1 N–H and O–H groups in total. The van der Waals surface area contributed by atoms with Crippen LogP contribution in [-0.2, 0) is 4.79 Å². The highest BCUT2D eigenvalue weighted by Crippen LogP contribution is 2.31. The normalized spacial score (nSPS) is 19.1. The number of nitrogens with zero attached hydrogens (tertiary/aromatic N) is 2. The summed E-state index contributed by atoms with van der Waals surface area (Å²) in [6.45, 7) is 5.69. The first-order valence-corrected chi connectivity index (χ1v) is 7.30. The number of hydrogen-bond acceptors (Lipinski definition) is 2. The molecule has 4 heteroatoms. The maximum absolute atomic E-state index is 11.2. The van der Waals surface area contributed by atoms with Gasteiger partial charge in [0.1, 0.15) is 0 Å². The lowest BCUT2D eigenvalue weighted by Gasteiger charge is -2.17. The summed E-state index contributed by atoms with van der Waals surface area (Å²) in [5, 5.41) is 13.8. The van der Waals surface area contributed by atoms with E-state index in [2.05, 4.69) is 9.78 Å². The highest BCUT2D eigenvalue weighted by Gasteiger charge is 2.25. The summed E-state index contributed by atoms with van der Waals surface area (Å²) in [7, 11) is 0. The Bertz CT molecular complexity index is 457. The summed E-state index contributed by atoms with van der Waals surface area (Å²) in [4.78, 5) is 11.2. The molecule has 0 amide bonds. The van der Waals surface area contributed by atoms with E-state index in [4.69, 9.17) is 0 Å². The van der Waals surface area contributed by atoms with Gasteiger partial charge in [0.05, 0.1) is 17.7 Å². The largest absolute Gasteiger partial charge is 0.481 e. The van der Waals surface area contributed by atoms with Gasteiger partial charge in [-0.2, -0.15) is 5.10 Å². The fraction of sp³-hybridized carbons (Fsp3) is 0.733. The molecule has 19 heavy (non-hydrogen) atoms. The number of rotatable bonds is 3. The third-order valence-electron chi connectivity index (χ3n) is 4.35. The lowest BCUT2D eigenvalue weighted by atomic mass is 9.99. The van der Waals surface area contributed by atoms with E-state index in [0.29, 0.717) is 6.04 Å². The molecule has 0 aromatic carbocycles. The van der Waals surface area contributed by atoms with E-state index in [1.54, 1.807) is 6.92 Å². The average Bonchev–Trinajstić information content (AvgIpc) is 2.59. The standard InChI is InChI=1S/C15H24N2O2/c1-10(15(18)19)14-11(2)16-17(12(14)3)13-8-6-4-5-7-9-13/h10,13H,4-9H2,1-3H3,(H,18,19). The van der Waals surface area contributed by atoms with Crippen LogP contribution in [0.4, 0.5) is 0 Å². The minimum atomic E-state index is -0.772. The fourth-order valence-electron chi connectivity index (χ4n) is 3.28. The summed E-state index contributed by atoms with van der Waals surface area (Å²) in [6, 6.07) is 0.455. The van der Waals surface area contributed by atoms with Crippen molar-refractivity contribution < 1.29 is 9.90 Å². The molecule has 1 fully saturated rings. The molecule has 0 spiro atoms. The Labute approximate surface area is 114 Å². The molecule has 4 nitrogen and oxygen atoms in total. The van der Waals surface area contributed by atoms with Crippen LogP contribution in [-0.4, -0.2) is 20.9 Å². The molecule has 1 unspecified atom stereocenters. The van der Waals surface area contributed by atoms with Gasteiger partial charge < -0.3 is 5.11 Å². The number of aromatic nitrogens is 2. The lowest BCUT2D eigenvalue weighted by Crippen LogP contribution is -2.13. The van der Waals surface area contributed by atoms with Crippen molar-refractivity contribution in [2.45, 2.75) is 71.3 Å². The molecule has 0 radical (unpaired) electrons. The Kier molecular flexibility index (Phi) is 4.27. The van der Waals surface area contributed by atoms with Gasteiger partial charge in [-0.15, -0.1) is 0 Å². The van der Waals surface area contributed by atoms with Gasteiger partial charge in [0.15, 0.2) is 0 Å². The Morgan fingerprint density at radius 1 is 1.26 bits per heavy atom. The Morgan fingerprint density at radius 3 is 2.37 bits per heavy atom. The van der Waals surface area contributed by atoms with Gasteiger partial charge in [0.2, 0.25) is 0 Å². The molecule has 1 saturated carbocycles. The van der Waals surface area contributed by atoms with Crippen LogP contribution in [0.2, 0.25) is 0 Å². The van der Waals surface area contributed by atoms with Crippen LogP contribution >= 0.6 is 0 Å². The number of aliphatic carboxylic acids is 1. The molecular weight excluding hydrogens is 240 g/mol. The predicted octanol–water partition coefficient (Wildman–Crippen LogP) is 3.58. The minimum absolute atomic E-state index is 0.455. The van der Waals surface area contributed by atoms with Gasteiger partial charge in [-0.25, -0.2) is 0 Å². The number of aryl methyl sites for hydroxylation is 1. The van der Waals surface area contributed by atoms with E-state index >= 15 is 0 Å². The number of carboxylic acid groups (broad SMARTS) is 1. The van der Waals surface area contributed by atoms with Crippen LogP contribution in [0.1, 0.15) is 74.4 Å². The van der Waals surface area contributed by atoms with E-state index in [1.807, 2.05) is 13.8 Å². The van der Waals surface area contributed by atoms with Crippen molar-refractivity contribution in [1.29, 1.82) is 0 Å². The van der Waals surface area contributed by atoms with Crippen LogP contribution < -0.4 is 0 Å². The lowest BCUT2D eigenvalue weighted by molar-refractivity contribution is -0.138. The highest BCUT2D eigenvalue weighted by atomic mass is 16.4. The molecule has 0 aliphatic heterocycles. The smallest absolute Gasteiger partial charge is 0.310 e. The second-order valence-electron chi connectivity index (χ2n) is 5.73. The van der Waals surface area contributed by atoms with Gasteiger partial charge in [0.25, 0.3) is 0 Å². The molecule has 1 atom stereocenters. The quantitative estimate of drug-likeness (QED) is 0.849. The molecule has 1 aliphatic rings. The average molecular weight is 264 g/mol. The van der Waals surface area contributed by atoms with Gasteiger partial charge in [-0.3, -0.25) is 9.48 Å². The van der Waals surface area contributed by atoms with E-state index < -0.39 is 11.9 Å². The summed E-state index contributed by atoms with van der Waals surface area (Å²) >= 11 is 0. The summed E-state index contributed by atoms with van der Waals surface area (Å²) in [5.41, 5.74) is 2.81. The second-order valence-corrected chi connectivity index (χ2v) is 5.73. The number of carboxylic acids is 1. The minimum Gasteiger partial charge on any atom is -0.481 e. The zero-order valence-corrected chi connectivity index (χ0v) is 12.1. The molecule has 2 rings (SSSR count). The van der Waals surface area contributed by atoms with Crippen LogP contribution in [0.3, 0.4) is 0 Å². The summed E-state index contributed by atoms with van der Waals surface area (Å²) in [5.74, 6) is -1.24. The zero-order valence-electron chi connectivity index (χ0n) is 12.1. The van der Waals surface area contributed by atoms with Crippen molar-refractivity contribution in [2.75, 3.05) is 0 Å². The zero-order chi connectivity index (χ0) is 14.0. The van der Waals surface area contributed by atoms with Crippen molar-refractivity contribution in [3.05, 3.63) is 17.0 Å². The fourth-order valence-corrected chi connectivity index (χ4v) is 3.28. The molecule has 1 heterocycles. The second kappa shape index (κ2) is 5.76. The Hall–Kier alpha value is -1.32. The van der Waals surface area contributed by atoms with E-state index in [1.165, 1.54) is 38.5 Å². The molecule has 1 aliphatic carbocycles. The molecule has 1 aromatic rings. The predicted molar refractivity (Wildman–Crippen MR) is 74.5 cm³/mol. The van der Waals surface area contributed by atoms with Crippen LogP contribution in [0.25, 0.3) is 0 Å². The van der Waals surface area contributed by atoms with Gasteiger partial charge >= 0.3 is 5.97 Å². The highest BCUT2D eigenvalue weighted by molar-refractivity contribution is 5.76. The SMILES string of the molecule is Cc1nn(C2CCCCCC2)c(C)c1C(C)C(=O)O. The maximum Gasteiger partial charge on any atom is 0.310 e. The Morgan fingerprint density at radius 2 is 1.84 bits per heavy atom. The summed E-state index contributed by atoms with van der Waals surface area (Å²) in [6.07, 6.45) is 7.48. The monoisotopic (exact) mass is 264 g/mol. The molecule has 0 bridgehead atoms. The van der Waals surface area contributed by atoms with E-state index in [-0.39, 0.29) is 0 Å². The third-order valence-corrected chi connectivity index (χ3v) is 4.35. The molecule has 0 saturated heterocycles.